The number of carbonyl (C=O) groups is 2. The molecule has 1 N–H and O–H groups in total. The van der Waals surface area contributed by atoms with Crippen molar-refractivity contribution in [3.05, 3.63) is 30.1 Å². The summed E-state index contributed by atoms with van der Waals surface area (Å²) in [6.45, 7) is 6.25. The number of nitrogens with one attached hydrogen (secondary N) is 1. The van der Waals surface area contributed by atoms with Crippen LogP contribution in [0.15, 0.2) is 24.4 Å². The summed E-state index contributed by atoms with van der Waals surface area (Å²) in [5.41, 5.74) is 0.419. The van der Waals surface area contributed by atoms with Crippen molar-refractivity contribution in [2.75, 3.05) is 20.1 Å². The van der Waals surface area contributed by atoms with Crippen LogP contribution in [0.2, 0.25) is 0 Å². The number of alkyl carbamates (subject to hydrolysis) is 1. The van der Waals surface area contributed by atoms with Crippen LogP contribution in [0.25, 0.3) is 0 Å². The Hall–Kier alpha value is -2.11. The Morgan fingerprint density at radius 1 is 1.32 bits per heavy atom. The standard InChI is InChI=1S/C16H25N3O3/c1-16(2,3)22-15(21)18-11-8-14(20)19(4)12-9-13-7-5-6-10-17-13/h5-7,10H,8-9,11-12H2,1-4H3,(H,18,21). The zero-order valence-corrected chi connectivity index (χ0v) is 13.8. The quantitative estimate of drug-likeness (QED) is 0.872. The molecule has 1 heterocycles. The van der Waals surface area contributed by atoms with Crippen LogP contribution in [0.3, 0.4) is 0 Å². The summed E-state index contributed by atoms with van der Waals surface area (Å²) in [7, 11) is 1.75. The van der Waals surface area contributed by atoms with Crippen LogP contribution in [0, 0.1) is 0 Å². The molecule has 6 nitrogen and oxygen atoms in total. The maximum Gasteiger partial charge on any atom is 0.407 e. The van der Waals surface area contributed by atoms with Gasteiger partial charge >= 0.3 is 6.09 Å². The molecule has 22 heavy (non-hydrogen) atoms. The van der Waals surface area contributed by atoms with Crippen LogP contribution < -0.4 is 5.32 Å². The first-order valence-corrected chi connectivity index (χ1v) is 7.38. The van der Waals surface area contributed by atoms with E-state index in [1.54, 1.807) is 38.9 Å². The number of likely N-dealkylation sites (N-methyl/N-ethyl adjacent to an activating group) is 1. The molecule has 122 valence electrons. The SMILES string of the molecule is CN(CCc1ccccn1)C(=O)CCNC(=O)OC(C)(C)C. The first kappa shape index (κ1) is 17.9. The van der Waals surface area contributed by atoms with Gasteiger partial charge in [0.15, 0.2) is 0 Å². The number of hydrogen-bond acceptors (Lipinski definition) is 4. The van der Waals surface area contributed by atoms with Gasteiger partial charge in [-0.25, -0.2) is 4.79 Å². The zero-order chi connectivity index (χ0) is 16.6. The fraction of sp³-hybridized carbons (Fsp3) is 0.562. The molecule has 0 aliphatic rings. The Morgan fingerprint density at radius 2 is 2.05 bits per heavy atom. The van der Waals surface area contributed by atoms with Crippen LogP contribution in [0.1, 0.15) is 32.9 Å². The molecule has 1 aromatic rings. The molecule has 0 radical (unpaired) electrons. The normalized spacial score (nSPS) is 10.9. The van der Waals surface area contributed by atoms with E-state index in [0.717, 1.165) is 5.69 Å². The lowest BCUT2D eigenvalue weighted by Crippen LogP contribution is -2.36. The molecule has 0 spiro atoms. The van der Waals surface area contributed by atoms with Crippen molar-refractivity contribution >= 4 is 12.0 Å². The van der Waals surface area contributed by atoms with Gasteiger partial charge in [0.1, 0.15) is 5.60 Å². The fourth-order valence-corrected chi connectivity index (χ4v) is 1.73. The molecule has 0 aliphatic heterocycles. The van der Waals surface area contributed by atoms with E-state index in [9.17, 15) is 9.59 Å². The number of rotatable bonds is 6. The highest BCUT2D eigenvalue weighted by atomic mass is 16.6. The summed E-state index contributed by atoms with van der Waals surface area (Å²) >= 11 is 0. The van der Waals surface area contributed by atoms with Crippen LogP contribution in [-0.4, -0.2) is 47.6 Å². The van der Waals surface area contributed by atoms with Gasteiger partial charge in [0.2, 0.25) is 5.91 Å². The Morgan fingerprint density at radius 3 is 2.64 bits per heavy atom. The van der Waals surface area contributed by atoms with Gasteiger partial charge in [-0.2, -0.15) is 0 Å². The Balaban J connectivity index is 2.23. The summed E-state index contributed by atoms with van der Waals surface area (Å²) < 4.78 is 5.10. The average Bonchev–Trinajstić information content (AvgIpc) is 2.43. The molecule has 1 aromatic heterocycles. The second-order valence-electron chi connectivity index (χ2n) is 6.07. The minimum absolute atomic E-state index is 0.0213. The molecule has 0 bridgehead atoms. The Bertz CT molecular complexity index is 483. The van der Waals surface area contributed by atoms with Crippen molar-refractivity contribution in [3.8, 4) is 0 Å². The maximum atomic E-state index is 11.9. The molecule has 6 heteroatoms. The Kier molecular flexibility index (Phi) is 6.82. The van der Waals surface area contributed by atoms with E-state index in [4.69, 9.17) is 4.74 Å². The summed E-state index contributed by atoms with van der Waals surface area (Å²) in [4.78, 5) is 29.3. The van der Waals surface area contributed by atoms with Crippen molar-refractivity contribution in [1.82, 2.24) is 15.2 Å². The van der Waals surface area contributed by atoms with Gasteiger partial charge in [-0.05, 0) is 32.9 Å². The number of nitrogens with zero attached hydrogens (tertiary/aromatic N) is 2. The molecule has 1 rings (SSSR count). The number of aromatic nitrogens is 1. The van der Waals surface area contributed by atoms with Gasteiger partial charge in [0, 0.05) is 44.9 Å². The summed E-state index contributed by atoms with van der Waals surface area (Å²) in [6.07, 6.45) is 2.19. The summed E-state index contributed by atoms with van der Waals surface area (Å²) in [5.74, 6) is -0.0213. The van der Waals surface area contributed by atoms with E-state index >= 15 is 0 Å². The van der Waals surface area contributed by atoms with Gasteiger partial charge in [-0.1, -0.05) is 6.07 Å². The molecular formula is C16H25N3O3. The van der Waals surface area contributed by atoms with Crippen molar-refractivity contribution in [3.63, 3.8) is 0 Å². The number of amides is 2. The van der Waals surface area contributed by atoms with Crippen molar-refractivity contribution in [2.24, 2.45) is 0 Å². The van der Waals surface area contributed by atoms with Crippen molar-refractivity contribution in [1.29, 1.82) is 0 Å². The van der Waals surface area contributed by atoms with E-state index in [-0.39, 0.29) is 18.9 Å². The predicted molar refractivity (Wildman–Crippen MR) is 84.4 cm³/mol. The van der Waals surface area contributed by atoms with E-state index < -0.39 is 11.7 Å². The maximum absolute atomic E-state index is 11.9. The van der Waals surface area contributed by atoms with E-state index in [0.29, 0.717) is 13.0 Å². The molecule has 0 atom stereocenters. The third-order valence-electron chi connectivity index (χ3n) is 2.86. The van der Waals surface area contributed by atoms with Gasteiger partial charge < -0.3 is 15.0 Å². The zero-order valence-electron chi connectivity index (χ0n) is 13.8. The Labute approximate surface area is 131 Å². The predicted octanol–water partition coefficient (Wildman–Crippen LogP) is 2.00. The topological polar surface area (TPSA) is 71.5 Å². The number of pyridine rings is 1. The molecule has 0 saturated heterocycles. The third kappa shape index (κ3) is 7.61. The highest BCUT2D eigenvalue weighted by Gasteiger charge is 2.16. The van der Waals surface area contributed by atoms with Gasteiger partial charge in [-0.15, -0.1) is 0 Å². The lowest BCUT2D eigenvalue weighted by Gasteiger charge is -2.20. The lowest BCUT2D eigenvalue weighted by molar-refractivity contribution is -0.129. The van der Waals surface area contributed by atoms with Crippen LogP contribution in [-0.2, 0) is 16.0 Å². The molecule has 2 amide bonds. The second-order valence-corrected chi connectivity index (χ2v) is 6.07. The van der Waals surface area contributed by atoms with Crippen LogP contribution in [0.4, 0.5) is 4.79 Å². The number of carbonyl (C=O) groups excluding carboxylic acids is 2. The molecule has 0 aliphatic carbocycles. The van der Waals surface area contributed by atoms with Crippen LogP contribution in [0.5, 0.6) is 0 Å². The molecule has 0 unspecified atom stereocenters. The van der Waals surface area contributed by atoms with E-state index in [1.807, 2.05) is 18.2 Å². The fourth-order valence-electron chi connectivity index (χ4n) is 1.73. The summed E-state index contributed by atoms with van der Waals surface area (Å²) in [5, 5.41) is 2.58. The van der Waals surface area contributed by atoms with E-state index in [1.165, 1.54) is 0 Å². The monoisotopic (exact) mass is 307 g/mol. The highest BCUT2D eigenvalue weighted by molar-refractivity contribution is 5.77. The third-order valence-corrected chi connectivity index (χ3v) is 2.86. The molecule has 0 fully saturated rings. The minimum atomic E-state index is -0.534. The number of hydrogen-bond donors (Lipinski definition) is 1. The largest absolute Gasteiger partial charge is 0.444 e. The molecular weight excluding hydrogens is 282 g/mol. The minimum Gasteiger partial charge on any atom is -0.444 e. The first-order chi connectivity index (χ1) is 10.3. The number of ether oxygens (including phenoxy) is 1. The van der Waals surface area contributed by atoms with Crippen molar-refractivity contribution in [2.45, 2.75) is 39.2 Å². The lowest BCUT2D eigenvalue weighted by atomic mass is 10.2. The first-order valence-electron chi connectivity index (χ1n) is 7.38. The smallest absolute Gasteiger partial charge is 0.407 e. The second kappa shape index (κ2) is 8.36. The average molecular weight is 307 g/mol. The highest BCUT2D eigenvalue weighted by Crippen LogP contribution is 2.06. The van der Waals surface area contributed by atoms with Gasteiger partial charge in [0.05, 0.1) is 0 Å². The van der Waals surface area contributed by atoms with Gasteiger partial charge in [0.25, 0.3) is 0 Å². The van der Waals surface area contributed by atoms with Crippen molar-refractivity contribution < 1.29 is 14.3 Å². The van der Waals surface area contributed by atoms with Gasteiger partial charge in [-0.3, -0.25) is 9.78 Å². The summed E-state index contributed by atoms with van der Waals surface area (Å²) in [6, 6.07) is 5.72. The molecule has 0 aromatic carbocycles. The van der Waals surface area contributed by atoms with E-state index in [2.05, 4.69) is 10.3 Å². The van der Waals surface area contributed by atoms with Crippen LogP contribution >= 0.6 is 0 Å². The molecule has 0 saturated carbocycles.